The van der Waals surface area contributed by atoms with Crippen LogP contribution in [0, 0.1) is 12.7 Å². The molecule has 32 heavy (non-hydrogen) atoms. The number of aryl methyl sites for hydroxylation is 1. The van der Waals surface area contributed by atoms with Gasteiger partial charge in [-0.3, -0.25) is 14.6 Å². The van der Waals surface area contributed by atoms with Gasteiger partial charge in [0.05, 0.1) is 23.9 Å². The Kier molecular flexibility index (Phi) is 5.81. The second kappa shape index (κ2) is 8.85. The Morgan fingerprint density at radius 1 is 0.844 bits per heavy atom. The lowest BCUT2D eigenvalue weighted by molar-refractivity contribution is 0.101. The van der Waals surface area contributed by atoms with Gasteiger partial charge in [-0.1, -0.05) is 0 Å². The standard InChI is InChI=1S/C25H20FN3O3/c1-15-22(13-17-3-6-18(26)14-23(17)27-15)25(31)29-19-7-4-16(5-8-19)24(30)28-20-9-11-21(32-2)12-10-20/h3-14H,1-2H3,(H,28,30)(H,29,31). The summed E-state index contributed by atoms with van der Waals surface area (Å²) in [5, 5.41) is 6.29. The maximum absolute atomic E-state index is 13.4. The topological polar surface area (TPSA) is 80.3 Å². The first-order valence-electron chi connectivity index (χ1n) is 9.86. The highest BCUT2D eigenvalue weighted by Gasteiger charge is 2.13. The zero-order chi connectivity index (χ0) is 22.7. The number of carbonyl (C=O) groups excluding carboxylic acids is 2. The molecule has 4 aromatic rings. The SMILES string of the molecule is COc1ccc(NC(=O)c2ccc(NC(=O)c3cc4ccc(F)cc4nc3C)cc2)cc1. The Hall–Kier alpha value is -4.26. The Bertz CT molecular complexity index is 1300. The summed E-state index contributed by atoms with van der Waals surface area (Å²) in [5.41, 5.74) is 3.01. The van der Waals surface area contributed by atoms with Gasteiger partial charge in [-0.15, -0.1) is 0 Å². The van der Waals surface area contributed by atoms with Crippen LogP contribution in [-0.4, -0.2) is 23.9 Å². The van der Waals surface area contributed by atoms with Crippen LogP contribution in [0.5, 0.6) is 5.75 Å². The van der Waals surface area contributed by atoms with Crippen molar-refractivity contribution in [3.8, 4) is 5.75 Å². The molecule has 0 spiro atoms. The normalized spacial score (nSPS) is 10.6. The number of carbonyl (C=O) groups is 2. The minimum Gasteiger partial charge on any atom is -0.497 e. The van der Waals surface area contributed by atoms with Gasteiger partial charge in [0, 0.05) is 28.4 Å². The van der Waals surface area contributed by atoms with Crippen LogP contribution in [0.15, 0.2) is 72.8 Å². The van der Waals surface area contributed by atoms with Gasteiger partial charge in [-0.05, 0) is 73.7 Å². The number of hydrogen-bond donors (Lipinski definition) is 2. The fraction of sp³-hybridized carbons (Fsp3) is 0.0800. The van der Waals surface area contributed by atoms with Crippen LogP contribution >= 0.6 is 0 Å². The molecule has 6 nitrogen and oxygen atoms in total. The smallest absolute Gasteiger partial charge is 0.257 e. The van der Waals surface area contributed by atoms with E-state index in [1.807, 2.05) is 0 Å². The average Bonchev–Trinajstić information content (AvgIpc) is 2.79. The molecule has 0 aliphatic rings. The predicted molar refractivity (Wildman–Crippen MR) is 122 cm³/mol. The number of ether oxygens (including phenoxy) is 1. The molecule has 2 N–H and O–H groups in total. The van der Waals surface area contributed by atoms with Crippen LogP contribution in [-0.2, 0) is 0 Å². The highest BCUT2D eigenvalue weighted by molar-refractivity contribution is 6.07. The van der Waals surface area contributed by atoms with Gasteiger partial charge in [-0.25, -0.2) is 4.39 Å². The van der Waals surface area contributed by atoms with Gasteiger partial charge < -0.3 is 15.4 Å². The molecule has 7 heteroatoms. The number of benzene rings is 3. The molecule has 160 valence electrons. The number of aromatic nitrogens is 1. The number of amides is 2. The molecule has 0 saturated carbocycles. The quantitative estimate of drug-likeness (QED) is 0.457. The van der Waals surface area contributed by atoms with Crippen LogP contribution in [0.4, 0.5) is 15.8 Å². The summed E-state index contributed by atoms with van der Waals surface area (Å²) in [7, 11) is 1.58. The fourth-order valence-corrected chi connectivity index (χ4v) is 3.25. The van der Waals surface area contributed by atoms with Crippen LogP contribution in [0.1, 0.15) is 26.4 Å². The van der Waals surface area contributed by atoms with Gasteiger partial charge in [0.1, 0.15) is 11.6 Å². The third-order valence-electron chi connectivity index (χ3n) is 4.97. The minimum absolute atomic E-state index is 0.269. The van der Waals surface area contributed by atoms with E-state index in [4.69, 9.17) is 4.74 Å². The predicted octanol–water partition coefficient (Wildman–Crippen LogP) is 5.20. The second-order valence-corrected chi connectivity index (χ2v) is 7.17. The van der Waals surface area contributed by atoms with E-state index in [9.17, 15) is 14.0 Å². The summed E-state index contributed by atoms with van der Waals surface area (Å²) < 4.78 is 18.5. The van der Waals surface area contributed by atoms with Crippen LogP contribution in [0.3, 0.4) is 0 Å². The molecule has 1 heterocycles. The summed E-state index contributed by atoms with van der Waals surface area (Å²) in [6.45, 7) is 1.70. The van der Waals surface area contributed by atoms with Crippen molar-refractivity contribution in [1.29, 1.82) is 0 Å². The first-order valence-corrected chi connectivity index (χ1v) is 9.86. The molecule has 0 aliphatic carbocycles. The summed E-state index contributed by atoms with van der Waals surface area (Å²) in [6, 6.07) is 19.5. The third kappa shape index (κ3) is 4.57. The Balaban J connectivity index is 1.45. The Morgan fingerprint density at radius 3 is 2.12 bits per heavy atom. The van der Waals surface area contributed by atoms with Crippen molar-refractivity contribution in [3.63, 3.8) is 0 Å². The third-order valence-corrected chi connectivity index (χ3v) is 4.97. The number of pyridine rings is 1. The van der Waals surface area contributed by atoms with Gasteiger partial charge in [-0.2, -0.15) is 0 Å². The van der Waals surface area contributed by atoms with E-state index in [1.54, 1.807) is 74.7 Å². The zero-order valence-electron chi connectivity index (χ0n) is 17.5. The van der Waals surface area contributed by atoms with Gasteiger partial charge in [0.2, 0.25) is 0 Å². The van der Waals surface area contributed by atoms with Crippen molar-refractivity contribution in [1.82, 2.24) is 4.98 Å². The molecular formula is C25H20FN3O3. The van der Waals surface area contributed by atoms with Crippen molar-refractivity contribution in [3.05, 3.63) is 95.4 Å². The highest BCUT2D eigenvalue weighted by atomic mass is 19.1. The maximum atomic E-state index is 13.4. The summed E-state index contributed by atoms with van der Waals surface area (Å²) in [5.74, 6) is -0.281. The van der Waals surface area contributed by atoms with Gasteiger partial charge >= 0.3 is 0 Å². The van der Waals surface area contributed by atoms with Gasteiger partial charge in [0.15, 0.2) is 0 Å². The van der Waals surface area contributed by atoms with E-state index in [2.05, 4.69) is 15.6 Å². The lowest BCUT2D eigenvalue weighted by Gasteiger charge is -2.10. The molecule has 1 aromatic heterocycles. The highest BCUT2D eigenvalue weighted by Crippen LogP contribution is 2.20. The Labute approximate surface area is 184 Å². The fourth-order valence-electron chi connectivity index (χ4n) is 3.25. The van der Waals surface area contributed by atoms with Crippen molar-refractivity contribution in [2.24, 2.45) is 0 Å². The van der Waals surface area contributed by atoms with E-state index < -0.39 is 0 Å². The second-order valence-electron chi connectivity index (χ2n) is 7.17. The molecule has 0 fully saturated rings. The van der Waals surface area contributed by atoms with E-state index in [1.165, 1.54) is 12.1 Å². The largest absolute Gasteiger partial charge is 0.497 e. The van der Waals surface area contributed by atoms with Crippen molar-refractivity contribution in [2.45, 2.75) is 6.92 Å². The van der Waals surface area contributed by atoms with Crippen LogP contribution in [0.25, 0.3) is 10.9 Å². The Morgan fingerprint density at radius 2 is 1.47 bits per heavy atom. The molecule has 3 aromatic carbocycles. The van der Waals surface area contributed by atoms with Gasteiger partial charge in [0.25, 0.3) is 11.8 Å². The number of hydrogen-bond acceptors (Lipinski definition) is 4. The summed E-state index contributed by atoms with van der Waals surface area (Å²) >= 11 is 0. The summed E-state index contributed by atoms with van der Waals surface area (Å²) in [6.07, 6.45) is 0. The monoisotopic (exact) mass is 429 g/mol. The number of nitrogens with one attached hydrogen (secondary N) is 2. The van der Waals surface area contributed by atoms with E-state index >= 15 is 0 Å². The maximum Gasteiger partial charge on any atom is 0.257 e. The summed E-state index contributed by atoms with van der Waals surface area (Å²) in [4.78, 5) is 29.5. The zero-order valence-corrected chi connectivity index (χ0v) is 17.5. The lowest BCUT2D eigenvalue weighted by atomic mass is 10.1. The molecule has 2 amide bonds. The molecule has 0 saturated heterocycles. The van der Waals surface area contributed by atoms with E-state index in [0.29, 0.717) is 44.8 Å². The lowest BCUT2D eigenvalue weighted by Crippen LogP contribution is -2.15. The molecule has 0 aliphatic heterocycles. The number of anilines is 2. The number of nitrogens with zero attached hydrogens (tertiary/aromatic N) is 1. The molecule has 0 radical (unpaired) electrons. The van der Waals surface area contributed by atoms with Crippen molar-refractivity contribution < 1.29 is 18.7 Å². The van der Waals surface area contributed by atoms with Crippen LogP contribution < -0.4 is 15.4 Å². The number of methoxy groups -OCH3 is 1. The van der Waals surface area contributed by atoms with Crippen LogP contribution in [0.2, 0.25) is 0 Å². The number of rotatable bonds is 5. The van der Waals surface area contributed by atoms with Crippen molar-refractivity contribution in [2.75, 3.05) is 17.7 Å². The first kappa shape index (κ1) is 21.0. The molecule has 0 unspecified atom stereocenters. The molecule has 4 rings (SSSR count). The number of fused-ring (bicyclic) bond motifs is 1. The number of halogens is 1. The minimum atomic E-state index is -0.377. The molecule has 0 bridgehead atoms. The molecular weight excluding hydrogens is 409 g/mol. The molecule has 0 atom stereocenters. The van der Waals surface area contributed by atoms with Crippen molar-refractivity contribution >= 4 is 34.1 Å². The van der Waals surface area contributed by atoms with E-state index in [0.717, 1.165) is 0 Å². The first-order chi connectivity index (χ1) is 15.4. The average molecular weight is 429 g/mol. The van der Waals surface area contributed by atoms with E-state index in [-0.39, 0.29) is 17.6 Å².